The van der Waals surface area contributed by atoms with E-state index in [-0.39, 0.29) is 0 Å². The van der Waals surface area contributed by atoms with Crippen LogP contribution < -0.4 is 10.1 Å². The molecule has 1 aromatic heterocycles. The normalized spacial score (nSPS) is 10.8. The first-order valence-corrected chi connectivity index (χ1v) is 7.07. The molecule has 0 amide bonds. The van der Waals surface area contributed by atoms with E-state index >= 15 is 0 Å². The van der Waals surface area contributed by atoms with Gasteiger partial charge in [0.05, 0.1) is 0 Å². The molecule has 106 valence electrons. The minimum absolute atomic E-state index is 0.423. The van der Waals surface area contributed by atoms with Crippen molar-refractivity contribution in [1.29, 1.82) is 0 Å². The zero-order valence-electron chi connectivity index (χ0n) is 11.8. The minimum Gasteiger partial charge on any atom is -0.488 e. The molecule has 1 N–H and O–H groups in total. The fourth-order valence-electron chi connectivity index (χ4n) is 1.77. The summed E-state index contributed by atoms with van der Waals surface area (Å²) in [5, 5.41) is 4.09. The second-order valence-corrected chi connectivity index (χ2v) is 5.31. The van der Waals surface area contributed by atoms with E-state index < -0.39 is 0 Å². The average molecular weight is 291 g/mol. The molecule has 0 bridgehead atoms. The summed E-state index contributed by atoms with van der Waals surface area (Å²) < 4.78 is 5.87. The third-order valence-corrected chi connectivity index (χ3v) is 3.27. The summed E-state index contributed by atoms with van der Waals surface area (Å²) in [5.74, 6) is 0.841. The highest BCUT2D eigenvalue weighted by Crippen LogP contribution is 2.21. The van der Waals surface area contributed by atoms with Crippen molar-refractivity contribution in [3.8, 4) is 5.75 Å². The highest BCUT2D eigenvalue weighted by Gasteiger charge is 2.06. The van der Waals surface area contributed by atoms with E-state index in [4.69, 9.17) is 16.3 Å². The van der Waals surface area contributed by atoms with Crippen LogP contribution in [-0.4, -0.2) is 11.0 Å². The summed E-state index contributed by atoms with van der Waals surface area (Å²) >= 11 is 6.13. The Kier molecular flexibility index (Phi) is 5.39. The summed E-state index contributed by atoms with van der Waals surface area (Å²) in [7, 11) is 0. The highest BCUT2D eigenvalue weighted by atomic mass is 35.5. The summed E-state index contributed by atoms with van der Waals surface area (Å²) in [6.45, 7) is 5.42. The average Bonchev–Trinajstić information content (AvgIpc) is 2.45. The number of benzene rings is 1. The number of nitrogens with zero attached hydrogens (tertiary/aromatic N) is 1. The van der Waals surface area contributed by atoms with Gasteiger partial charge in [0.2, 0.25) is 0 Å². The molecule has 0 unspecified atom stereocenters. The lowest BCUT2D eigenvalue weighted by molar-refractivity contribution is 0.301. The lowest BCUT2D eigenvalue weighted by Crippen LogP contribution is -2.22. The van der Waals surface area contributed by atoms with Gasteiger partial charge < -0.3 is 10.1 Å². The molecule has 4 heteroatoms. The van der Waals surface area contributed by atoms with Crippen LogP contribution in [0.2, 0.25) is 5.02 Å². The topological polar surface area (TPSA) is 34.2 Å². The van der Waals surface area contributed by atoms with Gasteiger partial charge in [-0.25, -0.2) is 0 Å². The Morgan fingerprint density at radius 1 is 1.20 bits per heavy atom. The number of aromatic nitrogens is 1. The van der Waals surface area contributed by atoms with Crippen LogP contribution in [0.15, 0.2) is 42.7 Å². The van der Waals surface area contributed by atoms with Crippen molar-refractivity contribution in [3.63, 3.8) is 0 Å². The van der Waals surface area contributed by atoms with Crippen LogP contribution >= 0.6 is 11.6 Å². The first kappa shape index (κ1) is 14.8. The molecule has 1 aromatic carbocycles. The fourth-order valence-corrected chi connectivity index (χ4v) is 1.96. The van der Waals surface area contributed by atoms with E-state index in [1.54, 1.807) is 6.20 Å². The standard InChI is InChI=1S/C16H19ClN2O/c1-12(2)19-10-14-9-18-8-7-16(14)20-11-13-5-3-4-6-15(13)17/h3-9,12,19H,10-11H2,1-2H3. The Morgan fingerprint density at radius 3 is 2.75 bits per heavy atom. The zero-order chi connectivity index (χ0) is 14.4. The van der Waals surface area contributed by atoms with E-state index in [1.807, 2.05) is 36.5 Å². The highest BCUT2D eigenvalue weighted by molar-refractivity contribution is 6.31. The lowest BCUT2D eigenvalue weighted by atomic mass is 10.2. The maximum Gasteiger partial charge on any atom is 0.127 e. The molecule has 0 radical (unpaired) electrons. The van der Waals surface area contributed by atoms with Gasteiger partial charge in [-0.2, -0.15) is 0 Å². The third kappa shape index (κ3) is 4.22. The first-order valence-electron chi connectivity index (χ1n) is 6.69. The van der Waals surface area contributed by atoms with Gasteiger partial charge in [0.15, 0.2) is 0 Å². The lowest BCUT2D eigenvalue weighted by Gasteiger charge is -2.13. The molecule has 20 heavy (non-hydrogen) atoms. The van der Waals surface area contributed by atoms with E-state index in [0.29, 0.717) is 12.6 Å². The van der Waals surface area contributed by atoms with E-state index in [1.165, 1.54) is 0 Å². The number of pyridine rings is 1. The van der Waals surface area contributed by atoms with Crippen molar-refractivity contribution in [2.24, 2.45) is 0 Å². The molecule has 2 aromatic rings. The quantitative estimate of drug-likeness (QED) is 0.878. The van der Waals surface area contributed by atoms with Gasteiger partial charge in [-0.1, -0.05) is 43.6 Å². The number of halogens is 1. The minimum atomic E-state index is 0.423. The monoisotopic (exact) mass is 290 g/mol. The van der Waals surface area contributed by atoms with E-state index in [0.717, 1.165) is 28.4 Å². The molecular weight excluding hydrogens is 272 g/mol. The van der Waals surface area contributed by atoms with Crippen LogP contribution in [0.5, 0.6) is 5.75 Å². The summed E-state index contributed by atoms with van der Waals surface area (Å²) in [6, 6.07) is 10.0. The predicted molar refractivity (Wildman–Crippen MR) is 82.0 cm³/mol. The van der Waals surface area contributed by atoms with Crippen molar-refractivity contribution in [2.75, 3.05) is 0 Å². The molecule has 0 aliphatic carbocycles. The van der Waals surface area contributed by atoms with Crippen molar-refractivity contribution >= 4 is 11.6 Å². The summed E-state index contributed by atoms with van der Waals surface area (Å²) in [6.07, 6.45) is 3.57. The molecule has 0 spiro atoms. The molecule has 0 aliphatic heterocycles. The van der Waals surface area contributed by atoms with Crippen LogP contribution in [0, 0.1) is 0 Å². The van der Waals surface area contributed by atoms with E-state index in [2.05, 4.69) is 24.1 Å². The van der Waals surface area contributed by atoms with Gasteiger partial charge in [0, 0.05) is 41.1 Å². The number of nitrogens with one attached hydrogen (secondary N) is 1. The molecule has 0 saturated heterocycles. The second-order valence-electron chi connectivity index (χ2n) is 4.90. The van der Waals surface area contributed by atoms with Gasteiger partial charge in [0.25, 0.3) is 0 Å². The number of rotatable bonds is 6. The molecule has 2 rings (SSSR count). The number of ether oxygens (including phenoxy) is 1. The Labute approximate surface area is 124 Å². The molecule has 1 heterocycles. The molecule has 3 nitrogen and oxygen atoms in total. The molecule has 0 atom stereocenters. The Balaban J connectivity index is 2.04. The maximum atomic E-state index is 6.13. The third-order valence-electron chi connectivity index (χ3n) is 2.90. The zero-order valence-corrected chi connectivity index (χ0v) is 12.5. The molecule has 0 aliphatic rings. The summed E-state index contributed by atoms with van der Waals surface area (Å²) in [5.41, 5.74) is 2.03. The molecule has 0 saturated carbocycles. The van der Waals surface area contributed by atoms with Crippen molar-refractivity contribution in [3.05, 3.63) is 58.9 Å². The van der Waals surface area contributed by atoms with Crippen molar-refractivity contribution in [1.82, 2.24) is 10.3 Å². The predicted octanol–water partition coefficient (Wildman–Crippen LogP) is 3.81. The van der Waals surface area contributed by atoms with Gasteiger partial charge in [-0.05, 0) is 12.1 Å². The SMILES string of the molecule is CC(C)NCc1cnccc1OCc1ccccc1Cl. The second kappa shape index (κ2) is 7.27. The van der Waals surface area contributed by atoms with Gasteiger partial charge in [-0.15, -0.1) is 0 Å². The van der Waals surface area contributed by atoms with Crippen molar-refractivity contribution in [2.45, 2.75) is 33.0 Å². The number of hydrogen-bond acceptors (Lipinski definition) is 3. The smallest absolute Gasteiger partial charge is 0.127 e. The first-order chi connectivity index (χ1) is 9.66. The van der Waals surface area contributed by atoms with Crippen LogP contribution in [0.3, 0.4) is 0 Å². The van der Waals surface area contributed by atoms with Gasteiger partial charge in [-0.3, -0.25) is 4.98 Å². The molecule has 0 fully saturated rings. The maximum absolute atomic E-state index is 6.13. The van der Waals surface area contributed by atoms with Gasteiger partial charge in [0.1, 0.15) is 12.4 Å². The van der Waals surface area contributed by atoms with Crippen LogP contribution in [0.25, 0.3) is 0 Å². The molecular formula is C16H19ClN2O. The largest absolute Gasteiger partial charge is 0.488 e. The van der Waals surface area contributed by atoms with E-state index in [9.17, 15) is 0 Å². The van der Waals surface area contributed by atoms with Crippen LogP contribution in [-0.2, 0) is 13.2 Å². The number of hydrogen-bond donors (Lipinski definition) is 1. The fraction of sp³-hybridized carbons (Fsp3) is 0.312. The Morgan fingerprint density at radius 2 is 2.00 bits per heavy atom. The van der Waals surface area contributed by atoms with Crippen LogP contribution in [0.1, 0.15) is 25.0 Å². The van der Waals surface area contributed by atoms with Crippen LogP contribution in [0.4, 0.5) is 0 Å². The Hall–Kier alpha value is -1.58. The van der Waals surface area contributed by atoms with Crippen molar-refractivity contribution < 1.29 is 4.74 Å². The van der Waals surface area contributed by atoms with Gasteiger partial charge >= 0.3 is 0 Å². The Bertz CT molecular complexity index is 558. The summed E-state index contributed by atoms with van der Waals surface area (Å²) in [4.78, 5) is 4.15.